The quantitative estimate of drug-likeness (QED) is 0.904. The first-order chi connectivity index (χ1) is 9.08. The molecule has 19 heavy (non-hydrogen) atoms. The molecule has 0 fully saturated rings. The summed E-state index contributed by atoms with van der Waals surface area (Å²) in [6.45, 7) is 4.70. The summed E-state index contributed by atoms with van der Waals surface area (Å²) in [7, 11) is 2.01. The molecule has 2 rings (SSSR count). The third-order valence-corrected chi connectivity index (χ3v) is 3.47. The van der Waals surface area contributed by atoms with E-state index in [1.54, 1.807) is 0 Å². The maximum absolute atomic E-state index is 10.3. The van der Waals surface area contributed by atoms with Gasteiger partial charge in [-0.05, 0) is 37.1 Å². The van der Waals surface area contributed by atoms with Gasteiger partial charge in [0.15, 0.2) is 0 Å². The van der Waals surface area contributed by atoms with Crippen molar-refractivity contribution in [1.82, 2.24) is 0 Å². The zero-order chi connectivity index (χ0) is 13.8. The van der Waals surface area contributed by atoms with Gasteiger partial charge in [0.25, 0.3) is 0 Å². The second-order valence-electron chi connectivity index (χ2n) is 5.09. The number of benzene rings is 2. The molecular formula is C17H21NO. The fourth-order valence-electron chi connectivity index (χ4n) is 2.22. The first kappa shape index (κ1) is 13.6. The molecule has 2 aromatic rings. The van der Waals surface area contributed by atoms with Crippen LogP contribution in [0.3, 0.4) is 0 Å². The van der Waals surface area contributed by atoms with E-state index in [1.165, 1.54) is 5.56 Å². The average molecular weight is 255 g/mol. The van der Waals surface area contributed by atoms with Gasteiger partial charge in [-0.2, -0.15) is 0 Å². The number of hydrogen-bond acceptors (Lipinski definition) is 2. The van der Waals surface area contributed by atoms with Crippen LogP contribution in [0, 0.1) is 13.8 Å². The molecule has 0 spiro atoms. The molecule has 2 nitrogen and oxygen atoms in total. The highest BCUT2D eigenvalue weighted by Gasteiger charge is 2.12. The van der Waals surface area contributed by atoms with Crippen LogP contribution in [-0.2, 0) is 0 Å². The van der Waals surface area contributed by atoms with Crippen LogP contribution in [0.2, 0.25) is 0 Å². The van der Waals surface area contributed by atoms with E-state index in [-0.39, 0.29) is 0 Å². The molecule has 1 N–H and O–H groups in total. The van der Waals surface area contributed by atoms with Gasteiger partial charge in [0.2, 0.25) is 0 Å². The average Bonchev–Trinajstić information content (AvgIpc) is 2.39. The lowest BCUT2D eigenvalue weighted by Crippen LogP contribution is -2.24. The van der Waals surface area contributed by atoms with Crippen molar-refractivity contribution in [1.29, 1.82) is 0 Å². The highest BCUT2D eigenvalue weighted by Crippen LogP contribution is 2.21. The first-order valence-corrected chi connectivity index (χ1v) is 6.59. The number of hydrogen-bond donors (Lipinski definition) is 1. The van der Waals surface area contributed by atoms with Crippen LogP contribution in [0.1, 0.15) is 22.8 Å². The van der Waals surface area contributed by atoms with E-state index in [0.29, 0.717) is 6.54 Å². The van der Waals surface area contributed by atoms with E-state index in [0.717, 1.165) is 16.8 Å². The van der Waals surface area contributed by atoms with Crippen LogP contribution in [-0.4, -0.2) is 18.7 Å². The van der Waals surface area contributed by atoms with Crippen LogP contribution >= 0.6 is 0 Å². The Morgan fingerprint density at radius 3 is 2.26 bits per heavy atom. The summed E-state index contributed by atoms with van der Waals surface area (Å²) in [5.41, 5.74) is 4.50. The summed E-state index contributed by atoms with van der Waals surface area (Å²) in [6, 6.07) is 16.3. The summed E-state index contributed by atoms with van der Waals surface area (Å²) in [4.78, 5) is 2.08. The molecule has 2 aromatic carbocycles. The molecule has 100 valence electrons. The maximum atomic E-state index is 10.3. The largest absolute Gasteiger partial charge is 0.387 e. The van der Waals surface area contributed by atoms with Crippen molar-refractivity contribution in [3.8, 4) is 0 Å². The lowest BCUT2D eigenvalue weighted by molar-refractivity contribution is 0.184. The molecule has 1 unspecified atom stereocenters. The summed E-state index contributed by atoms with van der Waals surface area (Å²) in [6.07, 6.45) is -0.465. The lowest BCUT2D eigenvalue weighted by Gasteiger charge is -2.24. The Kier molecular flexibility index (Phi) is 4.23. The number of nitrogens with zero attached hydrogens (tertiary/aromatic N) is 1. The summed E-state index contributed by atoms with van der Waals surface area (Å²) < 4.78 is 0. The van der Waals surface area contributed by atoms with Gasteiger partial charge in [-0.15, -0.1) is 0 Å². The molecular weight excluding hydrogens is 234 g/mol. The van der Waals surface area contributed by atoms with Gasteiger partial charge in [0.1, 0.15) is 0 Å². The number of anilines is 1. The van der Waals surface area contributed by atoms with Crippen LogP contribution in [0.5, 0.6) is 0 Å². The van der Waals surface area contributed by atoms with Crippen LogP contribution < -0.4 is 4.90 Å². The Morgan fingerprint density at radius 2 is 1.63 bits per heavy atom. The van der Waals surface area contributed by atoms with Crippen LogP contribution in [0.25, 0.3) is 0 Å². The van der Waals surface area contributed by atoms with Crippen LogP contribution in [0.4, 0.5) is 5.69 Å². The van der Waals surface area contributed by atoms with Gasteiger partial charge in [0.05, 0.1) is 6.10 Å². The highest BCUT2D eigenvalue weighted by atomic mass is 16.3. The van der Waals surface area contributed by atoms with Crippen molar-refractivity contribution in [2.45, 2.75) is 20.0 Å². The summed E-state index contributed by atoms with van der Waals surface area (Å²) in [5, 5.41) is 10.3. The standard InChI is InChI=1S/C17H21NO/c1-13-8-10-15(11-9-13)18(3)12-17(19)16-7-5-4-6-14(16)2/h4-11,17,19H,12H2,1-3H3. The highest BCUT2D eigenvalue weighted by molar-refractivity contribution is 5.47. The monoisotopic (exact) mass is 255 g/mol. The molecule has 0 amide bonds. The van der Waals surface area contributed by atoms with Crippen LogP contribution in [0.15, 0.2) is 48.5 Å². The fourth-order valence-corrected chi connectivity index (χ4v) is 2.22. The minimum Gasteiger partial charge on any atom is -0.387 e. The van der Waals surface area contributed by atoms with Gasteiger partial charge in [0, 0.05) is 19.3 Å². The Hall–Kier alpha value is -1.80. The van der Waals surface area contributed by atoms with E-state index in [1.807, 2.05) is 38.2 Å². The van der Waals surface area contributed by atoms with Gasteiger partial charge in [-0.3, -0.25) is 0 Å². The van der Waals surface area contributed by atoms with Crippen molar-refractivity contribution in [3.63, 3.8) is 0 Å². The van der Waals surface area contributed by atoms with Gasteiger partial charge in [-0.1, -0.05) is 42.0 Å². The third-order valence-electron chi connectivity index (χ3n) is 3.47. The molecule has 1 atom stereocenters. The zero-order valence-electron chi connectivity index (χ0n) is 11.8. The third kappa shape index (κ3) is 3.36. The predicted molar refractivity (Wildman–Crippen MR) is 80.6 cm³/mol. The van der Waals surface area contributed by atoms with Crippen molar-refractivity contribution in [3.05, 3.63) is 65.2 Å². The number of aryl methyl sites for hydroxylation is 2. The second kappa shape index (κ2) is 5.89. The van der Waals surface area contributed by atoms with E-state index in [9.17, 15) is 5.11 Å². The van der Waals surface area contributed by atoms with Gasteiger partial charge >= 0.3 is 0 Å². The van der Waals surface area contributed by atoms with E-state index < -0.39 is 6.10 Å². The molecule has 0 saturated carbocycles. The number of likely N-dealkylation sites (N-methyl/N-ethyl adjacent to an activating group) is 1. The lowest BCUT2D eigenvalue weighted by atomic mass is 10.0. The normalized spacial score (nSPS) is 12.2. The molecule has 0 bridgehead atoms. The number of aliphatic hydroxyl groups is 1. The van der Waals surface area contributed by atoms with Crippen molar-refractivity contribution >= 4 is 5.69 Å². The zero-order valence-corrected chi connectivity index (χ0v) is 11.8. The van der Waals surface area contributed by atoms with Crippen molar-refractivity contribution < 1.29 is 5.11 Å². The minimum atomic E-state index is -0.465. The Labute approximate surface area is 115 Å². The first-order valence-electron chi connectivity index (χ1n) is 6.59. The topological polar surface area (TPSA) is 23.5 Å². The Bertz CT molecular complexity index is 533. The Morgan fingerprint density at radius 1 is 1.00 bits per heavy atom. The van der Waals surface area contributed by atoms with E-state index in [2.05, 4.69) is 36.1 Å². The molecule has 2 heteroatoms. The maximum Gasteiger partial charge on any atom is 0.0967 e. The molecule has 0 aliphatic carbocycles. The van der Waals surface area contributed by atoms with E-state index in [4.69, 9.17) is 0 Å². The smallest absolute Gasteiger partial charge is 0.0967 e. The summed E-state index contributed by atoms with van der Waals surface area (Å²) in [5.74, 6) is 0. The predicted octanol–water partition coefficient (Wildman–Crippen LogP) is 3.47. The van der Waals surface area contributed by atoms with Gasteiger partial charge in [-0.25, -0.2) is 0 Å². The fraction of sp³-hybridized carbons (Fsp3) is 0.294. The number of rotatable bonds is 4. The molecule has 0 saturated heterocycles. The second-order valence-corrected chi connectivity index (χ2v) is 5.09. The summed E-state index contributed by atoms with van der Waals surface area (Å²) >= 11 is 0. The molecule has 0 heterocycles. The number of aliphatic hydroxyl groups excluding tert-OH is 1. The minimum absolute atomic E-state index is 0.465. The molecule has 0 aliphatic heterocycles. The van der Waals surface area contributed by atoms with E-state index >= 15 is 0 Å². The van der Waals surface area contributed by atoms with Crippen molar-refractivity contribution in [2.24, 2.45) is 0 Å². The van der Waals surface area contributed by atoms with Gasteiger partial charge < -0.3 is 10.0 Å². The SMILES string of the molecule is Cc1ccc(N(C)CC(O)c2ccccc2C)cc1. The molecule has 0 radical (unpaired) electrons. The molecule has 0 aromatic heterocycles. The molecule has 0 aliphatic rings. The van der Waals surface area contributed by atoms with Crippen molar-refractivity contribution in [2.75, 3.05) is 18.5 Å². The Balaban J connectivity index is 2.08.